The van der Waals surface area contributed by atoms with Gasteiger partial charge in [0.1, 0.15) is 5.76 Å². The van der Waals surface area contributed by atoms with Crippen LogP contribution >= 0.6 is 0 Å². The number of fused-ring (bicyclic) bond motifs is 1. The lowest BCUT2D eigenvalue weighted by molar-refractivity contribution is 0.0967. The van der Waals surface area contributed by atoms with Crippen LogP contribution in [-0.2, 0) is 13.0 Å². The molecule has 1 N–H and O–H groups in total. The van der Waals surface area contributed by atoms with E-state index in [1.54, 1.807) is 6.26 Å². The summed E-state index contributed by atoms with van der Waals surface area (Å²) in [5.74, 6) is 1.18. The first-order chi connectivity index (χ1) is 8.34. The van der Waals surface area contributed by atoms with Crippen molar-refractivity contribution in [2.75, 3.05) is 26.2 Å². The van der Waals surface area contributed by atoms with E-state index in [1.165, 1.54) is 0 Å². The molecule has 2 heterocycles. The maximum absolute atomic E-state index is 11.9. The third-order valence-corrected chi connectivity index (χ3v) is 3.63. The van der Waals surface area contributed by atoms with Crippen molar-refractivity contribution in [2.45, 2.75) is 25.8 Å². The van der Waals surface area contributed by atoms with Crippen molar-refractivity contribution in [3.05, 3.63) is 23.2 Å². The van der Waals surface area contributed by atoms with Gasteiger partial charge in [0.25, 0.3) is 0 Å². The minimum absolute atomic E-state index is 0.269. The van der Waals surface area contributed by atoms with Crippen LogP contribution in [0.3, 0.4) is 0 Å². The highest BCUT2D eigenvalue weighted by molar-refractivity contribution is 5.99. The van der Waals surface area contributed by atoms with Gasteiger partial charge in [-0.1, -0.05) is 0 Å². The van der Waals surface area contributed by atoms with Gasteiger partial charge in [0.05, 0.1) is 11.8 Å². The molecule has 0 saturated carbocycles. The number of carbonyl (C=O) groups is 1. The van der Waals surface area contributed by atoms with Crippen LogP contribution in [0.4, 0.5) is 0 Å². The van der Waals surface area contributed by atoms with Gasteiger partial charge < -0.3 is 9.73 Å². The molecule has 4 nitrogen and oxygen atoms in total. The molecule has 0 spiro atoms. The number of hydrogen-bond acceptors (Lipinski definition) is 4. The van der Waals surface area contributed by atoms with Crippen LogP contribution in [0, 0.1) is 0 Å². The lowest BCUT2D eigenvalue weighted by atomic mass is 9.94. The van der Waals surface area contributed by atoms with Crippen molar-refractivity contribution in [3.63, 3.8) is 0 Å². The summed E-state index contributed by atoms with van der Waals surface area (Å²) in [4.78, 5) is 14.3. The van der Waals surface area contributed by atoms with Crippen LogP contribution in [0.25, 0.3) is 0 Å². The summed E-state index contributed by atoms with van der Waals surface area (Å²) in [6.07, 6.45) is 4.33. The Hall–Kier alpha value is -1.13. The second kappa shape index (κ2) is 4.63. The average molecular weight is 234 g/mol. The first kappa shape index (κ1) is 11.0. The van der Waals surface area contributed by atoms with E-state index < -0.39 is 0 Å². The molecule has 3 rings (SSSR count). The van der Waals surface area contributed by atoms with Crippen molar-refractivity contribution < 1.29 is 9.21 Å². The highest BCUT2D eigenvalue weighted by Crippen LogP contribution is 2.27. The number of piperazine rings is 1. The predicted octanol–water partition coefficient (Wildman–Crippen LogP) is 1.20. The fraction of sp³-hybridized carbons (Fsp3) is 0.615. The van der Waals surface area contributed by atoms with Crippen LogP contribution in [0.1, 0.15) is 34.5 Å². The number of nitrogens with one attached hydrogen (secondary N) is 1. The lowest BCUT2D eigenvalue weighted by Crippen LogP contribution is -2.43. The molecule has 0 unspecified atom stereocenters. The minimum Gasteiger partial charge on any atom is -0.468 e. The van der Waals surface area contributed by atoms with Crippen molar-refractivity contribution in [2.24, 2.45) is 0 Å². The van der Waals surface area contributed by atoms with Crippen LogP contribution in [0.2, 0.25) is 0 Å². The standard InChI is InChI=1S/C13H18N2O2/c16-11-2-1-3-12-13(11)10(9-17-12)8-15-6-4-14-5-7-15/h9,14H,1-8H2. The second-order valence-electron chi connectivity index (χ2n) is 4.86. The number of rotatable bonds is 2. The maximum Gasteiger partial charge on any atom is 0.166 e. The Bertz CT molecular complexity index is 419. The average Bonchev–Trinajstić information content (AvgIpc) is 2.75. The Labute approximate surface area is 101 Å². The molecule has 1 aromatic rings. The van der Waals surface area contributed by atoms with Crippen LogP contribution in [0.5, 0.6) is 0 Å². The molecular formula is C13H18N2O2. The van der Waals surface area contributed by atoms with E-state index in [2.05, 4.69) is 10.2 Å². The molecule has 92 valence electrons. The summed E-state index contributed by atoms with van der Waals surface area (Å²) in [5, 5.41) is 3.33. The fourth-order valence-electron chi connectivity index (χ4n) is 2.72. The van der Waals surface area contributed by atoms with Gasteiger partial charge in [0.15, 0.2) is 5.78 Å². The predicted molar refractivity (Wildman–Crippen MR) is 64.1 cm³/mol. The zero-order valence-electron chi connectivity index (χ0n) is 10.00. The Morgan fingerprint density at radius 3 is 2.94 bits per heavy atom. The first-order valence-corrected chi connectivity index (χ1v) is 6.40. The van der Waals surface area contributed by atoms with Crippen LogP contribution in [-0.4, -0.2) is 36.9 Å². The van der Waals surface area contributed by atoms with Crippen LogP contribution in [0.15, 0.2) is 10.7 Å². The van der Waals surface area contributed by atoms with E-state index in [-0.39, 0.29) is 5.78 Å². The summed E-state index contributed by atoms with van der Waals surface area (Å²) in [7, 11) is 0. The molecule has 0 aromatic carbocycles. The number of nitrogens with zero attached hydrogens (tertiary/aromatic N) is 1. The molecule has 0 radical (unpaired) electrons. The molecule has 1 aliphatic carbocycles. The van der Waals surface area contributed by atoms with Crippen LogP contribution < -0.4 is 5.32 Å². The normalized spacial score (nSPS) is 21.5. The Kier molecular flexibility index (Phi) is 2.99. The molecule has 1 fully saturated rings. The van der Waals surface area contributed by atoms with E-state index in [4.69, 9.17) is 4.42 Å². The second-order valence-corrected chi connectivity index (χ2v) is 4.86. The summed E-state index contributed by atoms with van der Waals surface area (Å²) >= 11 is 0. The monoisotopic (exact) mass is 234 g/mol. The maximum atomic E-state index is 11.9. The quantitative estimate of drug-likeness (QED) is 0.835. The summed E-state index contributed by atoms with van der Waals surface area (Å²) in [6.45, 7) is 5.02. The van der Waals surface area contributed by atoms with Crippen molar-refractivity contribution in [1.29, 1.82) is 0 Å². The van der Waals surface area contributed by atoms with Gasteiger partial charge in [-0.15, -0.1) is 0 Å². The highest BCUT2D eigenvalue weighted by Gasteiger charge is 2.25. The van der Waals surface area contributed by atoms with Crippen molar-refractivity contribution in [1.82, 2.24) is 10.2 Å². The SMILES string of the molecule is O=C1CCCc2occ(CN3CCNCC3)c21. The van der Waals surface area contributed by atoms with Gasteiger partial charge in [0.2, 0.25) is 0 Å². The Balaban J connectivity index is 1.78. The number of Topliss-reactive ketones (excluding diaryl/α,β-unsaturated/α-hetero) is 1. The first-order valence-electron chi connectivity index (χ1n) is 6.40. The molecule has 17 heavy (non-hydrogen) atoms. The molecule has 1 saturated heterocycles. The Morgan fingerprint density at radius 2 is 2.12 bits per heavy atom. The van der Waals surface area contributed by atoms with Crippen molar-refractivity contribution >= 4 is 5.78 Å². The van der Waals surface area contributed by atoms with Gasteiger partial charge in [-0.05, 0) is 6.42 Å². The van der Waals surface area contributed by atoms with E-state index in [0.29, 0.717) is 6.42 Å². The summed E-state index contributed by atoms with van der Waals surface area (Å²) < 4.78 is 5.54. The van der Waals surface area contributed by atoms with E-state index in [1.807, 2.05) is 0 Å². The largest absolute Gasteiger partial charge is 0.468 e. The molecule has 1 aromatic heterocycles. The van der Waals surface area contributed by atoms with Crippen molar-refractivity contribution in [3.8, 4) is 0 Å². The van der Waals surface area contributed by atoms with Gasteiger partial charge in [-0.2, -0.15) is 0 Å². The van der Waals surface area contributed by atoms with Gasteiger partial charge >= 0.3 is 0 Å². The van der Waals surface area contributed by atoms with E-state index in [0.717, 1.165) is 62.5 Å². The zero-order chi connectivity index (χ0) is 11.7. The third kappa shape index (κ3) is 2.15. The fourth-order valence-corrected chi connectivity index (χ4v) is 2.72. The molecule has 2 aliphatic rings. The summed E-state index contributed by atoms with van der Waals surface area (Å²) in [6, 6.07) is 0. The number of aryl methyl sites for hydroxylation is 1. The van der Waals surface area contributed by atoms with Gasteiger partial charge in [-0.25, -0.2) is 0 Å². The topological polar surface area (TPSA) is 45.5 Å². The number of carbonyl (C=O) groups excluding carboxylic acids is 1. The third-order valence-electron chi connectivity index (χ3n) is 3.63. The molecule has 4 heteroatoms. The zero-order valence-corrected chi connectivity index (χ0v) is 10.00. The Morgan fingerprint density at radius 1 is 1.29 bits per heavy atom. The van der Waals surface area contributed by atoms with E-state index >= 15 is 0 Å². The van der Waals surface area contributed by atoms with Gasteiger partial charge in [-0.3, -0.25) is 9.69 Å². The number of hydrogen-bond donors (Lipinski definition) is 1. The minimum atomic E-state index is 0.269. The smallest absolute Gasteiger partial charge is 0.166 e. The highest BCUT2D eigenvalue weighted by atomic mass is 16.3. The molecule has 0 atom stereocenters. The van der Waals surface area contributed by atoms with Gasteiger partial charge in [0, 0.05) is 51.1 Å². The molecular weight excluding hydrogens is 216 g/mol. The number of ketones is 1. The molecule has 0 bridgehead atoms. The lowest BCUT2D eigenvalue weighted by Gasteiger charge is -2.27. The van der Waals surface area contributed by atoms with E-state index in [9.17, 15) is 4.79 Å². The summed E-state index contributed by atoms with van der Waals surface area (Å²) in [5.41, 5.74) is 1.97. The number of furan rings is 1. The molecule has 0 amide bonds. The molecule has 1 aliphatic heterocycles.